The van der Waals surface area contributed by atoms with Gasteiger partial charge in [0.25, 0.3) is 0 Å². The molecule has 1 aliphatic heterocycles. The van der Waals surface area contributed by atoms with Gasteiger partial charge >= 0.3 is 0 Å². The van der Waals surface area contributed by atoms with Gasteiger partial charge in [0.1, 0.15) is 18.3 Å². The zero-order chi connectivity index (χ0) is 14.6. The molecule has 1 heterocycles. The van der Waals surface area contributed by atoms with Crippen molar-refractivity contribution in [3.8, 4) is 0 Å². The minimum Gasteiger partial charge on any atom is -0.370 e. The Morgan fingerprint density at radius 1 is 0.842 bits per heavy atom. The van der Waals surface area contributed by atoms with E-state index in [1.165, 1.54) is 0 Å². The second-order valence-corrected chi connectivity index (χ2v) is 5.75. The molecule has 0 aromatic rings. The van der Waals surface area contributed by atoms with Crippen molar-refractivity contribution >= 4 is 0 Å². The van der Waals surface area contributed by atoms with Gasteiger partial charge in [-0.2, -0.15) is 0 Å². The van der Waals surface area contributed by atoms with Crippen molar-refractivity contribution in [2.75, 3.05) is 6.61 Å². The van der Waals surface area contributed by atoms with Crippen LogP contribution in [0.3, 0.4) is 0 Å². The molecular weight excluding hydrogens is 248 g/mol. The predicted molar refractivity (Wildman–Crippen MR) is 72.0 cm³/mol. The van der Waals surface area contributed by atoms with E-state index in [9.17, 15) is 5.11 Å². The lowest BCUT2D eigenvalue weighted by Crippen LogP contribution is -2.57. The summed E-state index contributed by atoms with van der Waals surface area (Å²) in [5, 5.41) is 9.97. The molecule has 0 aliphatic carbocycles. The van der Waals surface area contributed by atoms with Crippen LogP contribution in [-0.2, 0) is 18.9 Å². The molecule has 114 valence electrons. The van der Waals surface area contributed by atoms with E-state index in [-0.39, 0.29) is 30.5 Å². The highest BCUT2D eigenvalue weighted by Gasteiger charge is 2.43. The minimum absolute atomic E-state index is 0.0145. The first kappa shape index (κ1) is 16.9. The van der Waals surface area contributed by atoms with Crippen LogP contribution in [0.15, 0.2) is 0 Å². The van der Waals surface area contributed by atoms with Gasteiger partial charge in [0.15, 0.2) is 6.29 Å². The number of aliphatic hydroxyl groups is 1. The average molecular weight is 276 g/mol. The fraction of sp³-hybridized carbons (Fsp3) is 1.00. The lowest BCUT2D eigenvalue weighted by Gasteiger charge is -2.42. The molecule has 19 heavy (non-hydrogen) atoms. The van der Waals surface area contributed by atoms with E-state index < -0.39 is 12.4 Å². The summed E-state index contributed by atoms with van der Waals surface area (Å²) in [7, 11) is 0. The van der Waals surface area contributed by atoms with Crippen molar-refractivity contribution in [2.45, 2.75) is 84.5 Å². The topological polar surface area (TPSA) is 57.2 Å². The van der Waals surface area contributed by atoms with Crippen LogP contribution >= 0.6 is 0 Å². The Balaban J connectivity index is 2.81. The molecule has 5 nitrogen and oxygen atoms in total. The maximum atomic E-state index is 9.97. The van der Waals surface area contributed by atoms with Gasteiger partial charge in [-0.1, -0.05) is 0 Å². The first-order valence-electron chi connectivity index (χ1n) is 7.07. The monoisotopic (exact) mass is 276 g/mol. The zero-order valence-electron chi connectivity index (χ0n) is 12.8. The summed E-state index contributed by atoms with van der Waals surface area (Å²) in [6.45, 7) is 12.0. The molecular formula is C14H28O5. The minimum atomic E-state index is -0.974. The van der Waals surface area contributed by atoms with E-state index in [0.717, 1.165) is 0 Å². The van der Waals surface area contributed by atoms with Gasteiger partial charge in [0.05, 0.1) is 24.9 Å². The van der Waals surface area contributed by atoms with Crippen LogP contribution in [0.2, 0.25) is 0 Å². The quantitative estimate of drug-likeness (QED) is 0.800. The summed E-state index contributed by atoms with van der Waals surface area (Å²) in [4.78, 5) is 0. The molecule has 1 fully saturated rings. The number of aliphatic hydroxyl groups excluding tert-OH is 1. The highest BCUT2D eigenvalue weighted by atomic mass is 16.7. The first-order chi connectivity index (χ1) is 8.81. The van der Waals surface area contributed by atoms with Crippen LogP contribution in [0, 0.1) is 0 Å². The Morgan fingerprint density at radius 2 is 1.32 bits per heavy atom. The Kier molecular flexibility index (Phi) is 6.69. The molecule has 0 radical (unpaired) electrons. The van der Waals surface area contributed by atoms with Gasteiger partial charge in [0.2, 0.25) is 0 Å². The first-order valence-corrected chi connectivity index (χ1v) is 7.07. The summed E-state index contributed by atoms with van der Waals surface area (Å²) < 4.78 is 22.8. The van der Waals surface area contributed by atoms with Crippen molar-refractivity contribution < 1.29 is 24.1 Å². The lowest BCUT2D eigenvalue weighted by molar-refractivity contribution is -0.295. The Morgan fingerprint density at radius 3 is 1.79 bits per heavy atom. The molecule has 0 aromatic heterocycles. The Bertz CT molecular complexity index is 254. The predicted octanol–water partition coefficient (Wildman–Crippen LogP) is 1.72. The number of rotatable bonds is 6. The summed E-state index contributed by atoms with van der Waals surface area (Å²) >= 11 is 0. The van der Waals surface area contributed by atoms with Gasteiger partial charge in [-0.3, -0.25) is 0 Å². The third-order valence-corrected chi connectivity index (χ3v) is 2.71. The molecule has 0 saturated carbocycles. The zero-order valence-corrected chi connectivity index (χ0v) is 12.8. The van der Waals surface area contributed by atoms with E-state index in [0.29, 0.717) is 6.61 Å². The van der Waals surface area contributed by atoms with Crippen LogP contribution in [-0.4, -0.2) is 54.6 Å². The second kappa shape index (κ2) is 7.55. The highest BCUT2D eigenvalue weighted by molar-refractivity contribution is 4.87. The maximum Gasteiger partial charge on any atom is 0.183 e. The van der Waals surface area contributed by atoms with E-state index in [1.807, 2.05) is 41.5 Å². The second-order valence-electron chi connectivity index (χ2n) is 5.75. The van der Waals surface area contributed by atoms with Crippen LogP contribution in [0.1, 0.15) is 41.5 Å². The van der Waals surface area contributed by atoms with Crippen LogP contribution in [0.5, 0.6) is 0 Å². The van der Waals surface area contributed by atoms with E-state index >= 15 is 0 Å². The van der Waals surface area contributed by atoms with E-state index in [4.69, 9.17) is 18.9 Å². The third-order valence-electron chi connectivity index (χ3n) is 2.71. The SMILES string of the molecule is CC(C)OC1COC(O)C(OC(C)C)C1OC(C)C. The summed E-state index contributed by atoms with van der Waals surface area (Å²) in [5.74, 6) is 0. The van der Waals surface area contributed by atoms with Crippen molar-refractivity contribution in [3.63, 3.8) is 0 Å². The molecule has 4 atom stereocenters. The molecule has 1 saturated heterocycles. The Hall–Kier alpha value is -0.200. The molecule has 5 heteroatoms. The van der Waals surface area contributed by atoms with Gasteiger partial charge < -0.3 is 24.1 Å². The fourth-order valence-corrected chi connectivity index (χ4v) is 2.16. The van der Waals surface area contributed by atoms with Crippen molar-refractivity contribution in [3.05, 3.63) is 0 Å². The van der Waals surface area contributed by atoms with Crippen molar-refractivity contribution in [1.82, 2.24) is 0 Å². The molecule has 1 aliphatic rings. The molecule has 0 bridgehead atoms. The largest absolute Gasteiger partial charge is 0.370 e. The van der Waals surface area contributed by atoms with E-state index in [1.54, 1.807) is 0 Å². The molecule has 0 amide bonds. The molecule has 1 N–H and O–H groups in total. The van der Waals surface area contributed by atoms with Gasteiger partial charge in [0, 0.05) is 0 Å². The van der Waals surface area contributed by atoms with Gasteiger partial charge in [-0.25, -0.2) is 0 Å². The van der Waals surface area contributed by atoms with Crippen molar-refractivity contribution in [1.29, 1.82) is 0 Å². The standard InChI is InChI=1S/C14H28O5/c1-8(2)17-11-7-16-14(15)13(19-10(5)6)12(11)18-9(3)4/h8-15H,7H2,1-6H3. The normalized spacial score (nSPS) is 32.5. The molecule has 4 unspecified atom stereocenters. The maximum absolute atomic E-state index is 9.97. The fourth-order valence-electron chi connectivity index (χ4n) is 2.16. The number of hydrogen-bond acceptors (Lipinski definition) is 5. The van der Waals surface area contributed by atoms with Crippen LogP contribution in [0.4, 0.5) is 0 Å². The van der Waals surface area contributed by atoms with Crippen LogP contribution in [0.25, 0.3) is 0 Å². The average Bonchev–Trinajstić information content (AvgIpc) is 2.25. The van der Waals surface area contributed by atoms with E-state index in [2.05, 4.69) is 0 Å². The summed E-state index contributed by atoms with van der Waals surface area (Å²) in [5.41, 5.74) is 0. The van der Waals surface area contributed by atoms with Gasteiger partial charge in [-0.15, -0.1) is 0 Å². The molecule has 0 spiro atoms. The van der Waals surface area contributed by atoms with Crippen LogP contribution < -0.4 is 0 Å². The summed E-state index contributed by atoms with van der Waals surface area (Å²) in [6, 6.07) is 0. The molecule has 1 rings (SSSR count). The smallest absolute Gasteiger partial charge is 0.183 e. The Labute approximate surface area is 116 Å². The third kappa shape index (κ3) is 5.36. The van der Waals surface area contributed by atoms with Gasteiger partial charge in [-0.05, 0) is 41.5 Å². The highest BCUT2D eigenvalue weighted by Crippen LogP contribution is 2.25. The lowest BCUT2D eigenvalue weighted by atomic mass is 10.0. The van der Waals surface area contributed by atoms with Crippen molar-refractivity contribution in [2.24, 2.45) is 0 Å². The molecule has 0 aromatic carbocycles. The summed E-state index contributed by atoms with van der Waals surface area (Å²) in [6.07, 6.45) is -1.96. The number of ether oxygens (including phenoxy) is 4. The number of hydrogen-bond donors (Lipinski definition) is 1.